The largest absolute Gasteiger partial charge is 0.291 e. The zero-order valence-corrected chi connectivity index (χ0v) is 5.29. The van der Waals surface area contributed by atoms with Crippen LogP contribution in [0.5, 0.6) is 0 Å². The second-order valence-electron chi connectivity index (χ2n) is 2.00. The molecule has 46 valence electrons. The number of hydrogen-bond acceptors (Lipinski definition) is 4. The van der Waals surface area contributed by atoms with Crippen LogP contribution in [0.2, 0.25) is 0 Å². The summed E-state index contributed by atoms with van der Waals surface area (Å²) in [6.07, 6.45) is 0.528. The van der Waals surface area contributed by atoms with Crippen LogP contribution in [0.3, 0.4) is 0 Å². The highest BCUT2D eigenvalue weighted by Gasteiger charge is 2.30. The monoisotopic (exact) mass is 131 g/mol. The van der Waals surface area contributed by atoms with Gasteiger partial charge in [0.25, 0.3) is 0 Å². The molecule has 8 heavy (non-hydrogen) atoms. The Bertz CT molecular complexity index is 77.3. The van der Waals surface area contributed by atoms with Gasteiger partial charge in [0.15, 0.2) is 0 Å². The van der Waals surface area contributed by atoms with Gasteiger partial charge in [-0.1, -0.05) is 0 Å². The highest BCUT2D eigenvalue weighted by molar-refractivity contribution is 8.00. The summed E-state index contributed by atoms with van der Waals surface area (Å²) >= 11 is 1.93. The van der Waals surface area contributed by atoms with E-state index in [0.29, 0.717) is 11.5 Å². The Morgan fingerprint density at radius 3 is 3.12 bits per heavy atom. The van der Waals surface area contributed by atoms with Gasteiger partial charge in [0, 0.05) is 12.5 Å². The first kappa shape index (κ1) is 5.05. The Balaban J connectivity index is 2.04. The van der Waals surface area contributed by atoms with E-state index in [-0.39, 0.29) is 0 Å². The molecule has 2 aliphatic rings. The third-order valence-corrected chi connectivity index (χ3v) is 2.63. The molecule has 2 unspecified atom stereocenters. The lowest BCUT2D eigenvalue weighted by atomic mass is 10.5. The van der Waals surface area contributed by atoms with Crippen LogP contribution in [0.4, 0.5) is 0 Å². The third kappa shape index (κ3) is 0.647. The molecule has 0 radical (unpaired) electrons. The summed E-state index contributed by atoms with van der Waals surface area (Å²) < 4.78 is 0. The van der Waals surface area contributed by atoms with Crippen molar-refractivity contribution in [3.63, 3.8) is 0 Å². The van der Waals surface area contributed by atoms with E-state index in [1.54, 1.807) is 0 Å². The first-order valence-electron chi connectivity index (χ1n) is 2.78. The van der Waals surface area contributed by atoms with Gasteiger partial charge in [0.2, 0.25) is 0 Å². The molecule has 0 aromatic carbocycles. The fraction of sp³-hybridized carbons (Fsp3) is 1.00. The second-order valence-corrected chi connectivity index (χ2v) is 3.13. The van der Waals surface area contributed by atoms with Gasteiger partial charge in [0.1, 0.15) is 0 Å². The molecule has 0 bridgehead atoms. The van der Waals surface area contributed by atoms with E-state index in [1.165, 1.54) is 0 Å². The van der Waals surface area contributed by atoms with Crippen LogP contribution in [0.25, 0.3) is 0 Å². The Labute approximate surface area is 52.6 Å². The van der Waals surface area contributed by atoms with E-state index in [0.717, 1.165) is 12.5 Å². The maximum absolute atomic E-state index is 3.31. The van der Waals surface area contributed by atoms with Crippen molar-refractivity contribution in [2.24, 2.45) is 0 Å². The van der Waals surface area contributed by atoms with Crippen LogP contribution in [0.15, 0.2) is 0 Å². The Kier molecular flexibility index (Phi) is 1.18. The first-order chi connectivity index (χ1) is 3.97. The lowest BCUT2D eigenvalue weighted by Crippen LogP contribution is -2.37. The van der Waals surface area contributed by atoms with Gasteiger partial charge in [-0.25, -0.2) is 0 Å². The molecule has 2 rings (SSSR count). The number of nitrogens with one attached hydrogen (secondary N) is 3. The average molecular weight is 131 g/mol. The lowest BCUT2D eigenvalue weighted by molar-refractivity contribution is 0.551. The van der Waals surface area contributed by atoms with Gasteiger partial charge in [-0.05, 0) is 0 Å². The van der Waals surface area contributed by atoms with E-state index in [2.05, 4.69) is 16.0 Å². The zero-order chi connectivity index (χ0) is 5.40. The van der Waals surface area contributed by atoms with Crippen LogP contribution in [-0.2, 0) is 0 Å². The molecule has 3 nitrogen and oxygen atoms in total. The van der Waals surface area contributed by atoms with Gasteiger partial charge in [-0.3, -0.25) is 16.0 Å². The van der Waals surface area contributed by atoms with E-state index in [4.69, 9.17) is 0 Å². The van der Waals surface area contributed by atoms with Gasteiger partial charge >= 0.3 is 0 Å². The van der Waals surface area contributed by atoms with Crippen molar-refractivity contribution in [2.45, 2.75) is 11.5 Å². The molecule has 2 saturated heterocycles. The van der Waals surface area contributed by atoms with Gasteiger partial charge < -0.3 is 0 Å². The molecule has 0 spiro atoms. The maximum atomic E-state index is 3.31. The van der Waals surface area contributed by atoms with Gasteiger partial charge in [-0.2, -0.15) is 0 Å². The molecular weight excluding hydrogens is 122 g/mol. The molecule has 2 fully saturated rings. The summed E-state index contributed by atoms with van der Waals surface area (Å²) in [4.78, 5) is 0. The fourth-order valence-electron chi connectivity index (χ4n) is 1.06. The molecule has 0 amide bonds. The van der Waals surface area contributed by atoms with Gasteiger partial charge in [0.05, 0.1) is 11.5 Å². The minimum Gasteiger partial charge on any atom is -0.291 e. The van der Waals surface area contributed by atoms with Crippen molar-refractivity contribution in [3.8, 4) is 0 Å². The van der Waals surface area contributed by atoms with Crippen LogP contribution in [0.1, 0.15) is 0 Å². The first-order valence-corrected chi connectivity index (χ1v) is 3.83. The molecule has 2 heterocycles. The van der Waals surface area contributed by atoms with Crippen molar-refractivity contribution in [1.29, 1.82) is 0 Å². The van der Waals surface area contributed by atoms with Crippen molar-refractivity contribution < 1.29 is 0 Å². The number of thioether (sulfide) groups is 1. The number of hydrogen-bond donors (Lipinski definition) is 3. The van der Waals surface area contributed by atoms with E-state index >= 15 is 0 Å². The zero-order valence-electron chi connectivity index (χ0n) is 4.48. The van der Waals surface area contributed by atoms with Gasteiger partial charge in [-0.15, -0.1) is 11.8 Å². The Morgan fingerprint density at radius 1 is 1.25 bits per heavy atom. The SMILES string of the molecule is C1NC2NCSC2N1. The number of fused-ring (bicyclic) bond motifs is 1. The summed E-state index contributed by atoms with van der Waals surface area (Å²) in [5, 5.41) is 10.5. The molecule has 4 heteroatoms. The predicted molar refractivity (Wildman–Crippen MR) is 34.3 cm³/mol. The molecule has 0 aromatic rings. The molecule has 2 aliphatic heterocycles. The van der Waals surface area contributed by atoms with Crippen molar-refractivity contribution in [3.05, 3.63) is 0 Å². The van der Waals surface area contributed by atoms with Crippen LogP contribution < -0.4 is 16.0 Å². The highest BCUT2D eigenvalue weighted by Crippen LogP contribution is 2.18. The quantitative estimate of drug-likeness (QED) is 0.397. The number of rotatable bonds is 0. The fourth-order valence-corrected chi connectivity index (χ4v) is 2.10. The molecule has 0 saturated carbocycles. The van der Waals surface area contributed by atoms with Crippen LogP contribution >= 0.6 is 11.8 Å². The molecule has 0 aliphatic carbocycles. The topological polar surface area (TPSA) is 36.1 Å². The highest BCUT2D eigenvalue weighted by atomic mass is 32.2. The van der Waals surface area contributed by atoms with Crippen molar-refractivity contribution in [1.82, 2.24) is 16.0 Å². The summed E-state index contributed by atoms with van der Waals surface area (Å²) in [7, 11) is 0. The van der Waals surface area contributed by atoms with Crippen molar-refractivity contribution in [2.75, 3.05) is 12.5 Å². The minimum absolute atomic E-state index is 0.528. The standard InChI is InChI=1S/C4H9N3S/c1-5-3-4(6-1)8-2-7-3/h3-7H,1-2H2. The smallest absolute Gasteiger partial charge is 0.0844 e. The normalized spacial score (nSPS) is 45.0. The lowest BCUT2D eigenvalue weighted by Gasteiger charge is -2.04. The molecule has 3 N–H and O–H groups in total. The minimum atomic E-state index is 0.528. The Morgan fingerprint density at radius 2 is 2.25 bits per heavy atom. The summed E-state index contributed by atoms with van der Waals surface area (Å²) in [6, 6.07) is 0. The summed E-state index contributed by atoms with van der Waals surface area (Å²) in [5.74, 6) is 1.08. The second kappa shape index (κ2) is 1.88. The molecule has 2 atom stereocenters. The third-order valence-electron chi connectivity index (χ3n) is 1.49. The summed E-state index contributed by atoms with van der Waals surface area (Å²) in [5.41, 5.74) is 0. The maximum Gasteiger partial charge on any atom is 0.0844 e. The summed E-state index contributed by atoms with van der Waals surface area (Å²) in [6.45, 7) is 0.954. The molecule has 0 aromatic heterocycles. The van der Waals surface area contributed by atoms with E-state index in [1.807, 2.05) is 11.8 Å². The van der Waals surface area contributed by atoms with E-state index < -0.39 is 0 Å². The Hall–Kier alpha value is 0.230. The van der Waals surface area contributed by atoms with Crippen LogP contribution in [-0.4, -0.2) is 24.1 Å². The van der Waals surface area contributed by atoms with Crippen molar-refractivity contribution >= 4 is 11.8 Å². The van der Waals surface area contributed by atoms with E-state index in [9.17, 15) is 0 Å². The molecular formula is C4H9N3S. The predicted octanol–water partition coefficient (Wildman–Crippen LogP) is -0.917. The van der Waals surface area contributed by atoms with Crippen LogP contribution in [0, 0.1) is 0 Å². The average Bonchev–Trinajstić information content (AvgIpc) is 2.15.